The van der Waals surface area contributed by atoms with Gasteiger partial charge >= 0.3 is 0 Å². The number of hydrogen-bond acceptors (Lipinski definition) is 5. The van der Waals surface area contributed by atoms with E-state index in [2.05, 4.69) is 16.0 Å². The van der Waals surface area contributed by atoms with Crippen LogP contribution in [0.2, 0.25) is 0 Å². The summed E-state index contributed by atoms with van der Waals surface area (Å²) in [6, 6.07) is 2.97. The summed E-state index contributed by atoms with van der Waals surface area (Å²) >= 11 is 0. The van der Waals surface area contributed by atoms with Gasteiger partial charge in [-0.25, -0.2) is 8.78 Å². The SMILES string of the molecule is O=C1CCC(N2Cc3c(NC(=O)[C@@H]4CC(F)(F)CN4)cccc3C2=O)C(=O)N1. The average molecular weight is 392 g/mol. The van der Waals surface area contributed by atoms with E-state index >= 15 is 0 Å². The molecule has 1 aromatic carbocycles. The third-order valence-electron chi connectivity index (χ3n) is 5.27. The molecule has 148 valence electrons. The van der Waals surface area contributed by atoms with Crippen molar-refractivity contribution in [1.82, 2.24) is 15.5 Å². The van der Waals surface area contributed by atoms with E-state index in [0.717, 1.165) is 0 Å². The zero-order valence-electron chi connectivity index (χ0n) is 14.8. The normalized spacial score (nSPS) is 26.2. The summed E-state index contributed by atoms with van der Waals surface area (Å²) in [4.78, 5) is 49.9. The number of nitrogens with zero attached hydrogens (tertiary/aromatic N) is 1. The number of carbonyl (C=O) groups is 4. The minimum absolute atomic E-state index is 0.0884. The van der Waals surface area contributed by atoms with Gasteiger partial charge in [-0.15, -0.1) is 0 Å². The van der Waals surface area contributed by atoms with Crippen molar-refractivity contribution in [3.8, 4) is 0 Å². The number of halogens is 2. The van der Waals surface area contributed by atoms with Crippen LogP contribution in [0.5, 0.6) is 0 Å². The van der Waals surface area contributed by atoms with Gasteiger partial charge in [-0.2, -0.15) is 0 Å². The quantitative estimate of drug-likeness (QED) is 0.645. The average Bonchev–Trinajstić information content (AvgIpc) is 3.16. The first-order chi connectivity index (χ1) is 13.2. The number of piperidine rings is 1. The molecule has 3 heterocycles. The fourth-order valence-corrected chi connectivity index (χ4v) is 3.82. The van der Waals surface area contributed by atoms with Crippen LogP contribution >= 0.6 is 0 Å². The molecule has 0 spiro atoms. The topological polar surface area (TPSA) is 108 Å². The zero-order valence-corrected chi connectivity index (χ0v) is 14.8. The van der Waals surface area contributed by atoms with Crippen LogP contribution in [0.15, 0.2) is 18.2 Å². The Kier molecular flexibility index (Phi) is 4.37. The van der Waals surface area contributed by atoms with Crippen LogP contribution in [0.3, 0.4) is 0 Å². The van der Waals surface area contributed by atoms with Gasteiger partial charge in [-0.05, 0) is 18.6 Å². The molecule has 1 aromatic rings. The Morgan fingerprint density at radius 1 is 1.25 bits per heavy atom. The predicted molar refractivity (Wildman–Crippen MR) is 92.5 cm³/mol. The summed E-state index contributed by atoms with van der Waals surface area (Å²) in [6.45, 7) is -0.467. The smallest absolute Gasteiger partial charge is 0.262 e. The lowest BCUT2D eigenvalue weighted by atomic mass is 10.0. The van der Waals surface area contributed by atoms with Crippen LogP contribution < -0.4 is 16.0 Å². The molecular formula is C18H18F2N4O4. The first-order valence-corrected chi connectivity index (χ1v) is 8.94. The molecule has 0 aliphatic carbocycles. The molecule has 28 heavy (non-hydrogen) atoms. The highest BCUT2D eigenvalue weighted by Gasteiger charge is 2.43. The lowest BCUT2D eigenvalue weighted by Crippen LogP contribution is -2.52. The molecule has 8 nitrogen and oxygen atoms in total. The fourth-order valence-electron chi connectivity index (χ4n) is 3.82. The van der Waals surface area contributed by atoms with E-state index in [0.29, 0.717) is 16.8 Å². The van der Waals surface area contributed by atoms with Gasteiger partial charge in [0.05, 0.1) is 12.6 Å². The van der Waals surface area contributed by atoms with E-state index in [4.69, 9.17) is 0 Å². The van der Waals surface area contributed by atoms with Gasteiger partial charge in [0.15, 0.2) is 0 Å². The number of imide groups is 1. The number of nitrogens with one attached hydrogen (secondary N) is 3. The van der Waals surface area contributed by atoms with Crippen LogP contribution in [0.1, 0.15) is 35.2 Å². The number of benzene rings is 1. The number of anilines is 1. The highest BCUT2D eigenvalue weighted by Crippen LogP contribution is 2.33. The highest BCUT2D eigenvalue weighted by atomic mass is 19.3. The van der Waals surface area contributed by atoms with Crippen LogP contribution in [-0.4, -0.2) is 53.1 Å². The standard InChI is InChI=1S/C18H18F2N4O4/c19-18(20)6-12(21-8-18)15(26)22-11-3-1-2-9-10(11)7-24(17(9)28)13-4-5-14(25)23-16(13)27/h1-3,12-13,21H,4-8H2,(H,22,26)(H,23,25,27)/t12-,13?/m0/s1. The molecule has 2 atom stereocenters. The maximum atomic E-state index is 13.3. The lowest BCUT2D eigenvalue weighted by molar-refractivity contribution is -0.137. The monoisotopic (exact) mass is 392 g/mol. The second-order valence-corrected chi connectivity index (χ2v) is 7.21. The Labute approximate surface area is 158 Å². The summed E-state index contributed by atoms with van der Waals surface area (Å²) in [5.41, 5.74) is 1.21. The van der Waals surface area contributed by atoms with Crippen molar-refractivity contribution in [1.29, 1.82) is 0 Å². The molecule has 3 aliphatic rings. The van der Waals surface area contributed by atoms with Crippen LogP contribution in [-0.2, 0) is 20.9 Å². The third-order valence-corrected chi connectivity index (χ3v) is 5.27. The second-order valence-electron chi connectivity index (χ2n) is 7.21. The van der Waals surface area contributed by atoms with Crippen molar-refractivity contribution in [2.75, 3.05) is 11.9 Å². The van der Waals surface area contributed by atoms with Crippen molar-refractivity contribution in [3.05, 3.63) is 29.3 Å². The Morgan fingerprint density at radius 3 is 2.71 bits per heavy atom. The summed E-state index contributed by atoms with van der Waals surface area (Å²) < 4.78 is 26.7. The lowest BCUT2D eigenvalue weighted by Gasteiger charge is -2.29. The molecule has 0 bridgehead atoms. The minimum atomic E-state index is -2.93. The van der Waals surface area contributed by atoms with Gasteiger partial charge in [-0.3, -0.25) is 29.8 Å². The Bertz CT molecular complexity index is 888. The largest absolute Gasteiger partial charge is 0.324 e. The molecule has 3 aliphatic heterocycles. The summed E-state index contributed by atoms with van der Waals surface area (Å²) in [6.07, 6.45) is -0.218. The van der Waals surface area contributed by atoms with E-state index in [1.165, 1.54) is 4.90 Å². The Hall–Kier alpha value is -2.88. The molecule has 0 radical (unpaired) electrons. The maximum absolute atomic E-state index is 13.3. The van der Waals surface area contributed by atoms with Gasteiger partial charge in [-0.1, -0.05) is 6.07 Å². The molecule has 4 rings (SSSR count). The van der Waals surface area contributed by atoms with Crippen molar-refractivity contribution in [2.24, 2.45) is 0 Å². The van der Waals surface area contributed by atoms with Crippen LogP contribution in [0.25, 0.3) is 0 Å². The predicted octanol–water partition coefficient (Wildman–Crippen LogP) is 0.383. The molecule has 2 fully saturated rings. The van der Waals surface area contributed by atoms with Crippen molar-refractivity contribution in [3.63, 3.8) is 0 Å². The van der Waals surface area contributed by atoms with Gasteiger partial charge in [0.25, 0.3) is 11.8 Å². The van der Waals surface area contributed by atoms with Gasteiger partial charge in [0.2, 0.25) is 17.7 Å². The molecule has 1 unspecified atom stereocenters. The Balaban J connectivity index is 1.52. The summed E-state index contributed by atoms with van der Waals surface area (Å²) in [5.74, 6) is -4.80. The Morgan fingerprint density at radius 2 is 2.04 bits per heavy atom. The third kappa shape index (κ3) is 3.24. The molecule has 2 saturated heterocycles. The van der Waals surface area contributed by atoms with E-state index in [1.807, 2.05) is 0 Å². The first-order valence-electron chi connectivity index (χ1n) is 8.94. The van der Waals surface area contributed by atoms with Crippen molar-refractivity contribution in [2.45, 2.75) is 43.8 Å². The van der Waals surface area contributed by atoms with Crippen LogP contribution in [0.4, 0.5) is 14.5 Å². The van der Waals surface area contributed by atoms with E-state index in [1.54, 1.807) is 18.2 Å². The van der Waals surface area contributed by atoms with Gasteiger partial charge < -0.3 is 10.2 Å². The number of hydrogen-bond donors (Lipinski definition) is 3. The number of rotatable bonds is 3. The van der Waals surface area contributed by atoms with Gasteiger partial charge in [0.1, 0.15) is 6.04 Å². The fraction of sp³-hybridized carbons (Fsp3) is 0.444. The molecule has 3 N–H and O–H groups in total. The molecule has 4 amide bonds. The summed E-state index contributed by atoms with van der Waals surface area (Å²) in [5, 5.41) is 7.33. The number of carbonyl (C=O) groups excluding carboxylic acids is 4. The zero-order chi connectivity index (χ0) is 20.1. The second kappa shape index (κ2) is 6.62. The van der Waals surface area contributed by atoms with Gasteiger partial charge in [0, 0.05) is 36.2 Å². The number of amides is 4. The molecule has 0 saturated carbocycles. The maximum Gasteiger partial charge on any atom is 0.262 e. The van der Waals surface area contributed by atoms with E-state index < -0.39 is 42.8 Å². The van der Waals surface area contributed by atoms with Crippen molar-refractivity contribution >= 4 is 29.3 Å². The highest BCUT2D eigenvalue weighted by molar-refractivity contribution is 6.07. The number of alkyl halides is 2. The van der Waals surface area contributed by atoms with Crippen LogP contribution in [0, 0.1) is 0 Å². The van der Waals surface area contributed by atoms with E-state index in [-0.39, 0.29) is 31.2 Å². The van der Waals surface area contributed by atoms with Crippen molar-refractivity contribution < 1.29 is 28.0 Å². The molecule has 0 aromatic heterocycles. The first kappa shape index (κ1) is 18.5. The number of fused-ring (bicyclic) bond motifs is 1. The summed E-state index contributed by atoms with van der Waals surface area (Å²) in [7, 11) is 0. The minimum Gasteiger partial charge on any atom is -0.324 e. The van der Waals surface area contributed by atoms with E-state index in [9.17, 15) is 28.0 Å². The molecule has 10 heteroatoms. The molecular weight excluding hydrogens is 374 g/mol.